The van der Waals surface area contributed by atoms with Crippen molar-refractivity contribution in [3.8, 4) is 5.75 Å². The zero-order valence-electron chi connectivity index (χ0n) is 11.0. The van der Waals surface area contributed by atoms with Crippen molar-refractivity contribution in [2.45, 2.75) is 0 Å². The lowest BCUT2D eigenvalue weighted by Crippen LogP contribution is -2.22. The fourth-order valence-corrected chi connectivity index (χ4v) is 2.17. The summed E-state index contributed by atoms with van der Waals surface area (Å²) in [6.45, 7) is 1.11. The number of hydrogen-bond donors (Lipinski definition) is 2. The molecule has 6 heteroatoms. The Morgan fingerprint density at radius 3 is 2.71 bits per heavy atom. The standard InChI is InChI=1S/C15H12F2N2O2/c16-9-6-10(17)8-11(7-9)19-15(20)12-2-1-3-13-14(12)21-5-4-18-13/h1-3,6-8,18H,4-5H2,(H,19,20). The van der Waals surface area contributed by atoms with Gasteiger partial charge >= 0.3 is 0 Å². The molecule has 0 aliphatic carbocycles. The molecular weight excluding hydrogens is 278 g/mol. The molecule has 21 heavy (non-hydrogen) atoms. The van der Waals surface area contributed by atoms with E-state index in [2.05, 4.69) is 10.6 Å². The first-order valence-corrected chi connectivity index (χ1v) is 6.40. The van der Waals surface area contributed by atoms with Gasteiger partial charge in [-0.2, -0.15) is 0 Å². The van der Waals surface area contributed by atoms with E-state index in [1.54, 1.807) is 18.2 Å². The van der Waals surface area contributed by atoms with Gasteiger partial charge in [-0.25, -0.2) is 8.78 Å². The van der Waals surface area contributed by atoms with Crippen LogP contribution in [0.4, 0.5) is 20.2 Å². The van der Waals surface area contributed by atoms with Crippen LogP contribution in [0.1, 0.15) is 10.4 Å². The summed E-state index contributed by atoms with van der Waals surface area (Å²) in [6.07, 6.45) is 0. The first kappa shape index (κ1) is 13.4. The third-order valence-electron chi connectivity index (χ3n) is 3.04. The van der Waals surface area contributed by atoms with Gasteiger partial charge in [0.1, 0.15) is 18.2 Å². The Bertz CT molecular complexity index is 684. The lowest BCUT2D eigenvalue weighted by molar-refractivity contribution is 0.102. The molecule has 1 aliphatic rings. The molecule has 4 nitrogen and oxygen atoms in total. The van der Waals surface area contributed by atoms with E-state index in [4.69, 9.17) is 4.74 Å². The second-order valence-corrected chi connectivity index (χ2v) is 4.57. The van der Waals surface area contributed by atoms with E-state index >= 15 is 0 Å². The van der Waals surface area contributed by atoms with Gasteiger partial charge in [0.2, 0.25) is 0 Å². The monoisotopic (exact) mass is 290 g/mol. The molecule has 0 spiro atoms. The van der Waals surface area contributed by atoms with Crippen LogP contribution in [0.25, 0.3) is 0 Å². The highest BCUT2D eigenvalue weighted by Gasteiger charge is 2.19. The molecule has 0 bridgehead atoms. The number of ether oxygens (including phenoxy) is 1. The highest BCUT2D eigenvalue weighted by molar-refractivity contribution is 6.07. The summed E-state index contributed by atoms with van der Waals surface area (Å²) in [5.41, 5.74) is 1.09. The van der Waals surface area contributed by atoms with Crippen LogP contribution in [0, 0.1) is 11.6 Å². The van der Waals surface area contributed by atoms with Gasteiger partial charge in [0, 0.05) is 18.3 Å². The SMILES string of the molecule is O=C(Nc1cc(F)cc(F)c1)c1cccc2c1OCCN2. The minimum absolute atomic E-state index is 0.0545. The molecule has 1 aliphatic heterocycles. The largest absolute Gasteiger partial charge is 0.489 e. The van der Waals surface area contributed by atoms with Crippen molar-refractivity contribution < 1.29 is 18.3 Å². The fraction of sp³-hybridized carbons (Fsp3) is 0.133. The number of para-hydroxylation sites is 1. The lowest BCUT2D eigenvalue weighted by atomic mass is 10.1. The van der Waals surface area contributed by atoms with Crippen LogP contribution in [-0.4, -0.2) is 19.1 Å². The van der Waals surface area contributed by atoms with Crippen molar-refractivity contribution in [3.63, 3.8) is 0 Å². The maximum Gasteiger partial charge on any atom is 0.259 e. The minimum atomic E-state index is -0.752. The predicted octanol–water partition coefficient (Wildman–Crippen LogP) is 3.02. The average Bonchev–Trinajstić information content (AvgIpc) is 2.45. The summed E-state index contributed by atoms with van der Waals surface area (Å²) < 4.78 is 31.7. The molecular formula is C15H12F2N2O2. The third kappa shape index (κ3) is 2.79. The summed E-state index contributed by atoms with van der Waals surface area (Å²) in [5.74, 6) is -1.55. The van der Waals surface area contributed by atoms with E-state index in [1.807, 2.05) is 0 Å². The molecule has 108 valence electrons. The van der Waals surface area contributed by atoms with Crippen molar-refractivity contribution in [1.29, 1.82) is 0 Å². The van der Waals surface area contributed by atoms with E-state index in [9.17, 15) is 13.6 Å². The lowest BCUT2D eigenvalue weighted by Gasteiger charge is -2.21. The summed E-state index contributed by atoms with van der Waals surface area (Å²) in [5, 5.41) is 5.58. The summed E-state index contributed by atoms with van der Waals surface area (Å²) in [4.78, 5) is 12.2. The van der Waals surface area contributed by atoms with E-state index in [0.29, 0.717) is 24.5 Å². The van der Waals surface area contributed by atoms with Gasteiger partial charge in [0.15, 0.2) is 5.75 Å². The molecule has 1 heterocycles. The Hall–Kier alpha value is -2.63. The number of carbonyl (C=O) groups excluding carboxylic acids is 1. The Kier molecular flexibility index (Phi) is 3.43. The number of anilines is 2. The van der Waals surface area contributed by atoms with Gasteiger partial charge in [-0.1, -0.05) is 6.07 Å². The number of hydrogen-bond acceptors (Lipinski definition) is 3. The quantitative estimate of drug-likeness (QED) is 0.894. The summed E-state index contributed by atoms with van der Waals surface area (Å²) in [7, 11) is 0. The van der Waals surface area contributed by atoms with Gasteiger partial charge in [0.05, 0.1) is 11.3 Å². The van der Waals surface area contributed by atoms with Gasteiger partial charge in [0.25, 0.3) is 5.91 Å². The predicted molar refractivity (Wildman–Crippen MR) is 74.7 cm³/mol. The maximum atomic E-state index is 13.1. The van der Waals surface area contributed by atoms with Gasteiger partial charge in [-0.3, -0.25) is 4.79 Å². The van der Waals surface area contributed by atoms with Crippen LogP contribution in [0.3, 0.4) is 0 Å². The maximum absolute atomic E-state index is 13.1. The topological polar surface area (TPSA) is 50.4 Å². The molecule has 2 aromatic rings. The van der Waals surface area contributed by atoms with Gasteiger partial charge in [-0.15, -0.1) is 0 Å². The Balaban J connectivity index is 1.89. The van der Waals surface area contributed by atoms with Gasteiger partial charge in [-0.05, 0) is 24.3 Å². The molecule has 0 atom stereocenters. The number of rotatable bonds is 2. The Morgan fingerprint density at radius 1 is 1.19 bits per heavy atom. The molecule has 3 rings (SSSR count). The molecule has 0 saturated heterocycles. The molecule has 1 amide bonds. The molecule has 0 saturated carbocycles. The zero-order valence-corrected chi connectivity index (χ0v) is 11.0. The molecule has 2 N–H and O–H groups in total. The van der Waals surface area contributed by atoms with Crippen molar-refractivity contribution in [2.75, 3.05) is 23.8 Å². The van der Waals surface area contributed by atoms with Crippen molar-refractivity contribution in [3.05, 3.63) is 53.6 Å². The van der Waals surface area contributed by atoms with E-state index in [-0.39, 0.29) is 5.69 Å². The minimum Gasteiger partial charge on any atom is -0.489 e. The van der Waals surface area contributed by atoms with Gasteiger partial charge < -0.3 is 15.4 Å². The molecule has 0 aromatic heterocycles. The first-order chi connectivity index (χ1) is 10.1. The van der Waals surface area contributed by atoms with E-state index < -0.39 is 17.5 Å². The van der Waals surface area contributed by atoms with E-state index in [1.165, 1.54) is 0 Å². The van der Waals surface area contributed by atoms with Crippen molar-refractivity contribution in [2.24, 2.45) is 0 Å². The number of nitrogens with one attached hydrogen (secondary N) is 2. The third-order valence-corrected chi connectivity index (χ3v) is 3.04. The number of fused-ring (bicyclic) bond motifs is 1. The van der Waals surface area contributed by atoms with Crippen molar-refractivity contribution >= 4 is 17.3 Å². The smallest absolute Gasteiger partial charge is 0.259 e. The molecule has 0 radical (unpaired) electrons. The number of carbonyl (C=O) groups is 1. The number of amides is 1. The van der Waals surface area contributed by atoms with Crippen LogP contribution in [0.5, 0.6) is 5.75 Å². The van der Waals surface area contributed by atoms with Crippen molar-refractivity contribution in [1.82, 2.24) is 0 Å². The Morgan fingerprint density at radius 2 is 1.95 bits per heavy atom. The van der Waals surface area contributed by atoms with Crippen LogP contribution in [-0.2, 0) is 0 Å². The second-order valence-electron chi connectivity index (χ2n) is 4.57. The fourth-order valence-electron chi connectivity index (χ4n) is 2.17. The van der Waals surface area contributed by atoms with Crippen LogP contribution in [0.2, 0.25) is 0 Å². The number of halogens is 2. The highest BCUT2D eigenvalue weighted by Crippen LogP contribution is 2.31. The zero-order chi connectivity index (χ0) is 14.8. The Labute approximate surface area is 119 Å². The number of benzene rings is 2. The molecule has 0 unspecified atom stereocenters. The highest BCUT2D eigenvalue weighted by atomic mass is 19.1. The summed E-state index contributed by atoms with van der Waals surface area (Å²) >= 11 is 0. The van der Waals surface area contributed by atoms with E-state index in [0.717, 1.165) is 23.9 Å². The first-order valence-electron chi connectivity index (χ1n) is 6.40. The average molecular weight is 290 g/mol. The van der Waals surface area contributed by atoms with Crippen LogP contribution >= 0.6 is 0 Å². The normalized spacial score (nSPS) is 12.9. The molecule has 2 aromatic carbocycles. The van der Waals surface area contributed by atoms with Crippen LogP contribution < -0.4 is 15.4 Å². The van der Waals surface area contributed by atoms with Crippen LogP contribution in [0.15, 0.2) is 36.4 Å². The molecule has 0 fully saturated rings. The second kappa shape index (κ2) is 5.40. The summed E-state index contributed by atoms with van der Waals surface area (Å²) in [6, 6.07) is 7.95.